The molecular weight excluding hydrogens is 398 g/mol. The summed E-state index contributed by atoms with van der Waals surface area (Å²) in [5.74, 6) is -2.02. The second-order valence-electron chi connectivity index (χ2n) is 7.45. The second kappa shape index (κ2) is 5.76. The third-order valence-corrected chi connectivity index (χ3v) is 6.23. The number of hydrogen-bond acceptors (Lipinski definition) is 4. The summed E-state index contributed by atoms with van der Waals surface area (Å²) in [5, 5.41) is 6.28. The quantitative estimate of drug-likeness (QED) is 0.582. The fourth-order valence-corrected chi connectivity index (χ4v) is 5.01. The molecule has 4 rings (SSSR count). The van der Waals surface area contributed by atoms with Crippen LogP contribution in [-0.2, 0) is 19.9 Å². The SMILES string of the molecule is C=CCN1C(=O)C2C(C(C)C)NC3(C(=O)Nc4ccc(Br)cc43)C2C1=O. The van der Waals surface area contributed by atoms with Crippen molar-refractivity contribution in [3.05, 3.63) is 40.9 Å². The van der Waals surface area contributed by atoms with E-state index in [2.05, 4.69) is 33.1 Å². The van der Waals surface area contributed by atoms with Crippen LogP contribution in [0, 0.1) is 17.8 Å². The van der Waals surface area contributed by atoms with E-state index in [9.17, 15) is 14.4 Å². The van der Waals surface area contributed by atoms with Crippen molar-refractivity contribution in [2.45, 2.75) is 25.4 Å². The molecule has 1 aromatic carbocycles. The lowest BCUT2D eigenvalue weighted by Crippen LogP contribution is -2.54. The summed E-state index contributed by atoms with van der Waals surface area (Å²) in [6.45, 7) is 7.80. The van der Waals surface area contributed by atoms with Gasteiger partial charge in [0.1, 0.15) is 5.54 Å². The van der Waals surface area contributed by atoms with Crippen molar-refractivity contribution in [2.75, 3.05) is 11.9 Å². The van der Waals surface area contributed by atoms with Crippen LogP contribution in [0.5, 0.6) is 0 Å². The molecule has 1 spiro atoms. The van der Waals surface area contributed by atoms with Crippen molar-refractivity contribution in [1.29, 1.82) is 0 Å². The Balaban J connectivity index is 1.92. The fraction of sp³-hybridized carbons (Fsp3) is 0.421. The molecule has 0 radical (unpaired) electrons. The predicted molar refractivity (Wildman–Crippen MR) is 100 cm³/mol. The topological polar surface area (TPSA) is 78.5 Å². The number of benzene rings is 1. The Kier molecular flexibility index (Phi) is 3.86. The summed E-state index contributed by atoms with van der Waals surface area (Å²) in [4.78, 5) is 40.5. The van der Waals surface area contributed by atoms with E-state index >= 15 is 0 Å². The smallest absolute Gasteiger partial charge is 0.250 e. The Morgan fingerprint density at radius 1 is 1.31 bits per heavy atom. The van der Waals surface area contributed by atoms with Gasteiger partial charge in [0.15, 0.2) is 0 Å². The molecule has 1 aromatic rings. The number of fused-ring (bicyclic) bond motifs is 4. The molecule has 6 nitrogen and oxygen atoms in total. The van der Waals surface area contributed by atoms with Gasteiger partial charge in [-0.2, -0.15) is 0 Å². The standard InChI is InChI=1S/C19H20BrN3O3/c1-4-7-23-16(24)13-14(17(23)25)19(22-15(13)9(2)3)11-8-10(20)5-6-12(11)21-18(19)26/h4-6,8-9,13-15,22H,1,7H2,2-3H3,(H,21,26). The van der Waals surface area contributed by atoms with Gasteiger partial charge in [0, 0.05) is 28.3 Å². The maximum Gasteiger partial charge on any atom is 0.250 e. The zero-order valence-corrected chi connectivity index (χ0v) is 16.2. The second-order valence-corrected chi connectivity index (χ2v) is 8.36. The summed E-state index contributed by atoms with van der Waals surface area (Å²) in [6, 6.07) is 5.25. The third-order valence-electron chi connectivity index (χ3n) is 5.73. The van der Waals surface area contributed by atoms with Crippen LogP contribution >= 0.6 is 15.9 Å². The highest BCUT2D eigenvalue weighted by atomic mass is 79.9. The van der Waals surface area contributed by atoms with Gasteiger partial charge in [0.25, 0.3) is 0 Å². The van der Waals surface area contributed by atoms with Crippen LogP contribution in [0.15, 0.2) is 35.3 Å². The van der Waals surface area contributed by atoms with Gasteiger partial charge < -0.3 is 5.32 Å². The van der Waals surface area contributed by atoms with Crippen LogP contribution in [-0.4, -0.2) is 35.2 Å². The molecule has 2 N–H and O–H groups in total. The Hall–Kier alpha value is -1.99. The van der Waals surface area contributed by atoms with Crippen molar-refractivity contribution in [2.24, 2.45) is 17.8 Å². The van der Waals surface area contributed by atoms with Gasteiger partial charge in [-0.1, -0.05) is 35.9 Å². The lowest BCUT2D eigenvalue weighted by atomic mass is 9.76. The van der Waals surface area contributed by atoms with Crippen LogP contribution in [0.25, 0.3) is 0 Å². The van der Waals surface area contributed by atoms with Crippen LogP contribution in [0.3, 0.4) is 0 Å². The molecule has 2 saturated heterocycles. The highest BCUT2D eigenvalue weighted by Crippen LogP contribution is 2.54. The zero-order chi connectivity index (χ0) is 18.8. The van der Waals surface area contributed by atoms with Crippen molar-refractivity contribution in [3.63, 3.8) is 0 Å². The van der Waals surface area contributed by atoms with E-state index < -0.39 is 17.4 Å². The van der Waals surface area contributed by atoms with E-state index in [0.717, 1.165) is 10.0 Å². The van der Waals surface area contributed by atoms with Crippen molar-refractivity contribution in [1.82, 2.24) is 10.2 Å². The van der Waals surface area contributed by atoms with E-state index in [1.165, 1.54) is 4.90 Å². The molecule has 3 aliphatic heterocycles. The first-order valence-electron chi connectivity index (χ1n) is 8.68. The molecule has 3 aliphatic rings. The molecule has 7 heteroatoms. The van der Waals surface area contributed by atoms with E-state index in [4.69, 9.17) is 0 Å². The summed E-state index contributed by atoms with van der Waals surface area (Å²) >= 11 is 3.45. The normalized spacial score (nSPS) is 32.4. The monoisotopic (exact) mass is 417 g/mol. The number of nitrogens with one attached hydrogen (secondary N) is 2. The molecule has 0 aromatic heterocycles. The number of imide groups is 1. The minimum Gasteiger partial charge on any atom is -0.324 e. The molecule has 136 valence electrons. The number of nitrogens with zero attached hydrogens (tertiary/aromatic N) is 1. The molecule has 26 heavy (non-hydrogen) atoms. The average Bonchev–Trinajstić information content (AvgIpc) is 3.17. The van der Waals surface area contributed by atoms with E-state index in [-0.39, 0.29) is 36.2 Å². The number of carbonyl (C=O) groups is 3. The number of anilines is 1. The van der Waals surface area contributed by atoms with Gasteiger partial charge in [-0.3, -0.25) is 24.6 Å². The maximum atomic E-state index is 13.2. The first kappa shape index (κ1) is 17.4. The number of rotatable bonds is 3. The Morgan fingerprint density at radius 3 is 2.69 bits per heavy atom. The van der Waals surface area contributed by atoms with Gasteiger partial charge in [-0.15, -0.1) is 6.58 Å². The zero-order valence-electron chi connectivity index (χ0n) is 14.6. The van der Waals surface area contributed by atoms with Gasteiger partial charge in [0.05, 0.1) is 11.8 Å². The molecule has 4 atom stereocenters. The molecule has 2 fully saturated rings. The Morgan fingerprint density at radius 2 is 2.04 bits per heavy atom. The van der Waals surface area contributed by atoms with Crippen molar-refractivity contribution in [3.8, 4) is 0 Å². The van der Waals surface area contributed by atoms with Crippen molar-refractivity contribution < 1.29 is 14.4 Å². The molecule has 0 aliphatic carbocycles. The number of halogens is 1. The summed E-state index contributed by atoms with van der Waals surface area (Å²) in [7, 11) is 0. The summed E-state index contributed by atoms with van der Waals surface area (Å²) in [6.07, 6.45) is 1.54. The largest absolute Gasteiger partial charge is 0.324 e. The lowest BCUT2D eigenvalue weighted by Gasteiger charge is -2.30. The Bertz CT molecular complexity index is 852. The first-order chi connectivity index (χ1) is 12.3. The summed E-state index contributed by atoms with van der Waals surface area (Å²) < 4.78 is 0.818. The average molecular weight is 418 g/mol. The maximum absolute atomic E-state index is 13.2. The van der Waals surface area contributed by atoms with E-state index in [1.807, 2.05) is 32.0 Å². The number of carbonyl (C=O) groups excluding carboxylic acids is 3. The van der Waals surface area contributed by atoms with Gasteiger partial charge in [-0.25, -0.2) is 0 Å². The number of amides is 3. The molecule has 3 heterocycles. The van der Waals surface area contributed by atoms with E-state index in [1.54, 1.807) is 6.08 Å². The molecule has 4 unspecified atom stereocenters. The fourth-order valence-electron chi connectivity index (χ4n) is 4.65. The van der Waals surface area contributed by atoms with E-state index in [0.29, 0.717) is 5.69 Å². The van der Waals surface area contributed by atoms with Crippen LogP contribution in [0.4, 0.5) is 5.69 Å². The molecule has 0 saturated carbocycles. The summed E-state index contributed by atoms with van der Waals surface area (Å²) in [5.41, 5.74) is 0.175. The highest BCUT2D eigenvalue weighted by molar-refractivity contribution is 9.10. The molecule has 0 bridgehead atoms. The van der Waals surface area contributed by atoms with Gasteiger partial charge >= 0.3 is 0 Å². The molecular formula is C19H20BrN3O3. The highest BCUT2D eigenvalue weighted by Gasteiger charge is 2.70. The van der Waals surface area contributed by atoms with Crippen LogP contribution < -0.4 is 10.6 Å². The predicted octanol–water partition coefficient (Wildman–Crippen LogP) is 2.01. The molecule has 3 amide bonds. The Labute approximate surface area is 160 Å². The van der Waals surface area contributed by atoms with Crippen LogP contribution in [0.1, 0.15) is 19.4 Å². The van der Waals surface area contributed by atoms with Gasteiger partial charge in [-0.05, 0) is 24.1 Å². The van der Waals surface area contributed by atoms with Gasteiger partial charge in [0.2, 0.25) is 17.7 Å². The first-order valence-corrected chi connectivity index (χ1v) is 9.47. The lowest BCUT2D eigenvalue weighted by molar-refractivity contribution is -0.142. The van der Waals surface area contributed by atoms with Crippen LogP contribution in [0.2, 0.25) is 0 Å². The minimum atomic E-state index is -1.22. The number of hydrogen-bond donors (Lipinski definition) is 2. The number of likely N-dealkylation sites (tertiary alicyclic amines) is 1. The van der Waals surface area contributed by atoms with Crippen molar-refractivity contribution >= 4 is 39.3 Å². The third kappa shape index (κ3) is 2.04. The minimum absolute atomic E-state index is 0.0892.